The maximum absolute atomic E-state index is 16.0. The van der Waals surface area contributed by atoms with E-state index in [2.05, 4.69) is 19.9 Å². The number of aromatic amines is 1. The summed E-state index contributed by atoms with van der Waals surface area (Å²) in [6.45, 7) is 0. The van der Waals surface area contributed by atoms with Crippen LogP contribution in [-0.4, -0.2) is 36.9 Å². The Kier molecular flexibility index (Phi) is 5.74. The first-order valence-electron chi connectivity index (χ1n) is 12.1. The summed E-state index contributed by atoms with van der Waals surface area (Å²) >= 11 is 1.01. The topological polar surface area (TPSA) is 135 Å². The van der Waals surface area contributed by atoms with Crippen molar-refractivity contribution < 1.29 is 23.5 Å². The minimum Gasteiger partial charge on any atom is -0.481 e. The van der Waals surface area contributed by atoms with Gasteiger partial charge in [0.05, 0.1) is 27.6 Å². The molecule has 4 N–H and O–H groups in total. The molecule has 4 aromatic heterocycles. The predicted molar refractivity (Wildman–Crippen MR) is 133 cm³/mol. The van der Waals surface area contributed by atoms with Crippen molar-refractivity contribution >= 4 is 34.2 Å². The lowest BCUT2D eigenvalue weighted by molar-refractivity contribution is -0.152. The fraction of sp³-hybridized carbons (Fsp3) is 0.346. The fourth-order valence-corrected chi connectivity index (χ4v) is 6.99. The lowest BCUT2D eigenvalue weighted by atomic mass is 9.57. The van der Waals surface area contributed by atoms with Crippen LogP contribution in [0.15, 0.2) is 30.6 Å². The number of rotatable bonds is 6. The summed E-state index contributed by atoms with van der Waals surface area (Å²) in [5, 5.41) is 10.4. The molecular formula is C26H23F2N5O3S. The average molecular weight is 524 g/mol. The van der Waals surface area contributed by atoms with E-state index in [9.17, 15) is 19.1 Å². The molecule has 11 heteroatoms. The van der Waals surface area contributed by atoms with Crippen molar-refractivity contribution in [1.29, 1.82) is 0 Å². The summed E-state index contributed by atoms with van der Waals surface area (Å²) in [6.07, 6.45) is 6.42. The summed E-state index contributed by atoms with van der Waals surface area (Å²) in [5.41, 5.74) is 6.37. The third kappa shape index (κ3) is 4.07. The van der Waals surface area contributed by atoms with Gasteiger partial charge in [0.2, 0.25) is 0 Å². The van der Waals surface area contributed by atoms with Gasteiger partial charge in [-0.25, -0.2) is 23.7 Å². The van der Waals surface area contributed by atoms with E-state index in [1.54, 1.807) is 12.3 Å². The van der Waals surface area contributed by atoms with Crippen molar-refractivity contribution in [2.75, 3.05) is 0 Å². The number of carbonyl (C=O) groups is 2. The quantitative estimate of drug-likeness (QED) is 0.332. The number of carboxylic acid groups (broad SMARTS) is 1. The number of fused-ring (bicyclic) bond motifs is 4. The SMILES string of the molecule is NC(=O)c1ccc(-c2nc(-c3c[nH]c4ncc(F)cc34)nc(CC3C4CCC(CC4)C3C(=O)O)c2F)s1. The number of thiophene rings is 1. The molecule has 3 fully saturated rings. The molecule has 3 saturated carbocycles. The largest absolute Gasteiger partial charge is 0.481 e. The first-order valence-corrected chi connectivity index (χ1v) is 12.9. The number of carbonyl (C=O) groups excluding carboxylic acids is 1. The molecule has 4 aromatic rings. The molecule has 3 aliphatic carbocycles. The van der Waals surface area contributed by atoms with E-state index >= 15 is 4.39 Å². The van der Waals surface area contributed by atoms with Gasteiger partial charge < -0.3 is 15.8 Å². The summed E-state index contributed by atoms with van der Waals surface area (Å²) in [6, 6.07) is 4.38. The van der Waals surface area contributed by atoms with Gasteiger partial charge in [0.15, 0.2) is 11.6 Å². The third-order valence-electron chi connectivity index (χ3n) is 7.85. The number of nitrogens with two attached hydrogens (primary N) is 1. The van der Waals surface area contributed by atoms with Crippen LogP contribution in [0.5, 0.6) is 0 Å². The number of carboxylic acids is 1. The Morgan fingerprint density at radius 3 is 2.59 bits per heavy atom. The van der Waals surface area contributed by atoms with E-state index < -0.39 is 29.4 Å². The van der Waals surface area contributed by atoms with Gasteiger partial charge >= 0.3 is 5.97 Å². The van der Waals surface area contributed by atoms with E-state index in [0.717, 1.165) is 43.2 Å². The van der Waals surface area contributed by atoms with Crippen molar-refractivity contribution in [3.63, 3.8) is 0 Å². The molecule has 37 heavy (non-hydrogen) atoms. The van der Waals surface area contributed by atoms with Gasteiger partial charge in [0, 0.05) is 17.1 Å². The van der Waals surface area contributed by atoms with Crippen LogP contribution in [0.4, 0.5) is 8.78 Å². The molecule has 2 bridgehead atoms. The minimum atomic E-state index is -0.850. The van der Waals surface area contributed by atoms with Crippen molar-refractivity contribution in [3.8, 4) is 22.0 Å². The van der Waals surface area contributed by atoms with Gasteiger partial charge in [0.1, 0.15) is 17.2 Å². The highest BCUT2D eigenvalue weighted by Crippen LogP contribution is 2.50. The Bertz CT molecular complexity index is 1540. The van der Waals surface area contributed by atoms with Crippen LogP contribution in [0.1, 0.15) is 41.0 Å². The van der Waals surface area contributed by atoms with Crippen LogP contribution in [0.25, 0.3) is 33.0 Å². The summed E-state index contributed by atoms with van der Waals surface area (Å²) < 4.78 is 30.0. The van der Waals surface area contributed by atoms with Crippen molar-refractivity contribution in [2.45, 2.75) is 32.1 Å². The Labute approximate surface area is 214 Å². The van der Waals surface area contributed by atoms with Gasteiger partial charge in [-0.1, -0.05) is 0 Å². The number of hydrogen-bond acceptors (Lipinski definition) is 6. The number of halogens is 2. The molecule has 190 valence electrons. The highest BCUT2D eigenvalue weighted by Gasteiger charge is 2.47. The summed E-state index contributed by atoms with van der Waals surface area (Å²) in [5.74, 6) is -3.06. The second kappa shape index (κ2) is 8.98. The second-order valence-corrected chi connectivity index (χ2v) is 10.9. The molecule has 0 aliphatic heterocycles. The number of aromatic nitrogens is 4. The van der Waals surface area contributed by atoms with Crippen LogP contribution >= 0.6 is 11.3 Å². The number of nitrogens with one attached hydrogen (secondary N) is 1. The Morgan fingerprint density at radius 2 is 1.89 bits per heavy atom. The van der Waals surface area contributed by atoms with Crippen molar-refractivity contribution in [3.05, 3.63) is 52.8 Å². The normalized spacial score (nSPS) is 23.0. The molecule has 8 nitrogen and oxygen atoms in total. The first-order chi connectivity index (χ1) is 17.8. The summed E-state index contributed by atoms with van der Waals surface area (Å²) in [4.78, 5) is 40.6. The zero-order valence-corrected chi connectivity index (χ0v) is 20.4. The van der Waals surface area contributed by atoms with Crippen molar-refractivity contribution in [1.82, 2.24) is 19.9 Å². The Morgan fingerprint density at radius 1 is 1.14 bits per heavy atom. The first kappa shape index (κ1) is 23.7. The van der Waals surface area contributed by atoms with Gasteiger partial charge in [-0.2, -0.15) is 0 Å². The molecule has 0 aromatic carbocycles. The maximum atomic E-state index is 16.0. The third-order valence-corrected chi connectivity index (χ3v) is 8.95. The minimum absolute atomic E-state index is 0.0101. The number of H-pyrrole nitrogens is 1. The summed E-state index contributed by atoms with van der Waals surface area (Å²) in [7, 11) is 0. The van der Waals surface area contributed by atoms with E-state index in [0.29, 0.717) is 21.5 Å². The molecule has 4 heterocycles. The zero-order chi connectivity index (χ0) is 25.8. The Balaban J connectivity index is 1.50. The molecular weight excluding hydrogens is 500 g/mol. The Hall–Kier alpha value is -3.73. The number of primary amides is 1. The monoisotopic (exact) mass is 523 g/mol. The van der Waals surface area contributed by atoms with Crippen LogP contribution in [0.2, 0.25) is 0 Å². The van der Waals surface area contributed by atoms with Crippen LogP contribution in [-0.2, 0) is 11.2 Å². The van der Waals surface area contributed by atoms with Gasteiger partial charge in [-0.15, -0.1) is 11.3 Å². The lowest BCUT2D eigenvalue weighted by Gasteiger charge is -2.46. The molecule has 2 unspecified atom stereocenters. The molecule has 3 aliphatic rings. The molecule has 2 atom stereocenters. The number of hydrogen-bond donors (Lipinski definition) is 3. The van der Waals surface area contributed by atoms with Crippen LogP contribution in [0, 0.1) is 35.3 Å². The number of amides is 1. The standard InChI is InChI=1S/C26H23F2N5O3S/c27-13-7-15-16(10-31-24(15)30-9-13)25-32-17(8-14-11-1-3-12(4-2-11)20(14)26(35)36)21(28)22(33-25)18-5-6-19(37-18)23(29)34/h5-7,9-12,14,20H,1-4,8H2,(H2,29,34)(H,30,31)(H,35,36). The molecule has 1 amide bonds. The van der Waals surface area contributed by atoms with E-state index in [4.69, 9.17) is 5.73 Å². The number of pyridine rings is 1. The highest BCUT2D eigenvalue weighted by atomic mass is 32.1. The van der Waals surface area contributed by atoms with Gasteiger partial charge in [-0.3, -0.25) is 9.59 Å². The second-order valence-electron chi connectivity index (χ2n) is 9.84. The van der Waals surface area contributed by atoms with Crippen LogP contribution < -0.4 is 5.73 Å². The number of aliphatic carboxylic acids is 1. The molecule has 0 radical (unpaired) electrons. The molecule has 0 spiro atoms. The maximum Gasteiger partial charge on any atom is 0.307 e. The van der Waals surface area contributed by atoms with E-state index in [1.807, 2.05) is 0 Å². The van der Waals surface area contributed by atoms with E-state index in [-0.39, 0.29) is 46.3 Å². The number of nitrogens with zero attached hydrogens (tertiary/aromatic N) is 3. The zero-order valence-electron chi connectivity index (χ0n) is 19.6. The smallest absolute Gasteiger partial charge is 0.307 e. The molecule has 0 saturated heterocycles. The van der Waals surface area contributed by atoms with E-state index in [1.165, 1.54) is 12.1 Å². The highest BCUT2D eigenvalue weighted by molar-refractivity contribution is 7.17. The predicted octanol–water partition coefficient (Wildman–Crippen LogP) is 4.81. The lowest BCUT2D eigenvalue weighted by Crippen LogP contribution is -2.45. The fourth-order valence-electron chi connectivity index (χ4n) is 6.15. The average Bonchev–Trinajstić information content (AvgIpc) is 3.53. The van der Waals surface area contributed by atoms with Crippen LogP contribution in [0.3, 0.4) is 0 Å². The van der Waals surface area contributed by atoms with Gasteiger partial charge in [-0.05, 0) is 68.1 Å². The van der Waals surface area contributed by atoms with Gasteiger partial charge in [0.25, 0.3) is 5.91 Å². The van der Waals surface area contributed by atoms with Crippen molar-refractivity contribution in [2.24, 2.45) is 29.4 Å². The molecule has 7 rings (SSSR count).